The molecule has 2 fully saturated rings. The standard InChI is InChI=1S/C22H24N4O2S/c27-21(28)19-6-4-5-17(23-19)15-7-8-18-20(13-15)29-22(24-18)26-12-9-16(14-26)25-10-2-1-3-11-25/h4-8,13,16H,1-3,9-12,14H2,(H,27,28). The number of benzene rings is 1. The molecule has 0 saturated carbocycles. The van der Waals surface area contributed by atoms with Crippen LogP contribution in [0.25, 0.3) is 21.5 Å². The monoisotopic (exact) mass is 408 g/mol. The topological polar surface area (TPSA) is 69.6 Å². The number of hydrogen-bond acceptors (Lipinski definition) is 6. The van der Waals surface area contributed by atoms with Crippen molar-refractivity contribution in [2.24, 2.45) is 0 Å². The van der Waals surface area contributed by atoms with E-state index in [-0.39, 0.29) is 5.69 Å². The van der Waals surface area contributed by atoms with Gasteiger partial charge in [-0.25, -0.2) is 14.8 Å². The van der Waals surface area contributed by atoms with Gasteiger partial charge in [0, 0.05) is 24.7 Å². The highest BCUT2D eigenvalue weighted by molar-refractivity contribution is 7.22. The lowest BCUT2D eigenvalue weighted by Crippen LogP contribution is -2.40. The first-order valence-electron chi connectivity index (χ1n) is 10.3. The summed E-state index contributed by atoms with van der Waals surface area (Å²) in [6, 6.07) is 11.8. The predicted molar refractivity (Wildman–Crippen MR) is 116 cm³/mol. The molecule has 4 heterocycles. The third-order valence-electron chi connectivity index (χ3n) is 5.98. The van der Waals surface area contributed by atoms with Crippen molar-refractivity contribution in [2.75, 3.05) is 31.1 Å². The molecular formula is C22H24N4O2S. The van der Waals surface area contributed by atoms with Gasteiger partial charge in [-0.15, -0.1) is 0 Å². The van der Waals surface area contributed by atoms with E-state index in [1.807, 2.05) is 18.2 Å². The molecule has 0 bridgehead atoms. The minimum Gasteiger partial charge on any atom is -0.477 e. The van der Waals surface area contributed by atoms with Crippen LogP contribution in [0.15, 0.2) is 36.4 Å². The average molecular weight is 409 g/mol. The van der Waals surface area contributed by atoms with Crippen molar-refractivity contribution in [2.45, 2.75) is 31.7 Å². The third-order valence-corrected chi connectivity index (χ3v) is 7.06. The zero-order chi connectivity index (χ0) is 19.8. The number of hydrogen-bond donors (Lipinski definition) is 1. The van der Waals surface area contributed by atoms with Gasteiger partial charge < -0.3 is 10.0 Å². The van der Waals surface area contributed by atoms with Crippen LogP contribution in [0.5, 0.6) is 0 Å². The lowest BCUT2D eigenvalue weighted by Gasteiger charge is -2.32. The Hall–Kier alpha value is -2.51. The van der Waals surface area contributed by atoms with Crippen LogP contribution >= 0.6 is 11.3 Å². The molecule has 2 saturated heterocycles. The molecule has 29 heavy (non-hydrogen) atoms. The minimum absolute atomic E-state index is 0.0633. The predicted octanol–water partition coefficient (Wildman–Crippen LogP) is 4.12. The summed E-state index contributed by atoms with van der Waals surface area (Å²) in [6.07, 6.45) is 5.25. The van der Waals surface area contributed by atoms with E-state index in [4.69, 9.17) is 4.98 Å². The maximum atomic E-state index is 11.2. The van der Waals surface area contributed by atoms with Crippen LogP contribution in [-0.4, -0.2) is 58.2 Å². The van der Waals surface area contributed by atoms with Crippen LogP contribution in [0.2, 0.25) is 0 Å². The molecule has 0 radical (unpaired) electrons. The number of aromatic nitrogens is 2. The average Bonchev–Trinajstić information content (AvgIpc) is 3.41. The van der Waals surface area contributed by atoms with E-state index in [1.165, 1.54) is 44.8 Å². The first-order valence-corrected chi connectivity index (χ1v) is 11.1. The highest BCUT2D eigenvalue weighted by Crippen LogP contribution is 2.34. The molecule has 2 aromatic heterocycles. The van der Waals surface area contributed by atoms with Crippen LogP contribution in [0.3, 0.4) is 0 Å². The number of thiazole rings is 1. The first kappa shape index (κ1) is 18.5. The van der Waals surface area contributed by atoms with Gasteiger partial charge in [0.1, 0.15) is 5.69 Å². The molecule has 5 rings (SSSR count). The summed E-state index contributed by atoms with van der Waals surface area (Å²) >= 11 is 1.71. The van der Waals surface area contributed by atoms with Crippen molar-refractivity contribution in [1.82, 2.24) is 14.9 Å². The molecule has 1 N–H and O–H groups in total. The number of nitrogens with zero attached hydrogens (tertiary/aromatic N) is 4. The maximum absolute atomic E-state index is 11.2. The normalized spacial score (nSPS) is 20.4. The number of anilines is 1. The van der Waals surface area contributed by atoms with E-state index in [9.17, 15) is 9.90 Å². The Morgan fingerprint density at radius 1 is 1.07 bits per heavy atom. The number of likely N-dealkylation sites (tertiary alicyclic amines) is 1. The highest BCUT2D eigenvalue weighted by atomic mass is 32.1. The number of carboxylic acid groups (broad SMARTS) is 1. The molecule has 1 unspecified atom stereocenters. The van der Waals surface area contributed by atoms with E-state index in [1.54, 1.807) is 17.4 Å². The summed E-state index contributed by atoms with van der Waals surface area (Å²) in [5.74, 6) is -1.01. The minimum atomic E-state index is -1.01. The molecule has 0 spiro atoms. The van der Waals surface area contributed by atoms with Crippen molar-refractivity contribution >= 4 is 32.7 Å². The van der Waals surface area contributed by atoms with Gasteiger partial charge in [-0.3, -0.25) is 4.90 Å². The fourth-order valence-electron chi connectivity index (χ4n) is 4.42. The van der Waals surface area contributed by atoms with Gasteiger partial charge in [-0.1, -0.05) is 29.9 Å². The zero-order valence-corrected chi connectivity index (χ0v) is 17.1. The molecule has 2 aliphatic heterocycles. The van der Waals surface area contributed by atoms with Gasteiger partial charge in [-0.05, 0) is 56.6 Å². The third kappa shape index (κ3) is 3.72. The molecule has 7 heteroatoms. The number of carboxylic acids is 1. The Bertz CT molecular complexity index is 1040. The Kier molecular flexibility index (Phi) is 4.93. The maximum Gasteiger partial charge on any atom is 0.354 e. The summed E-state index contributed by atoms with van der Waals surface area (Å²) < 4.78 is 1.11. The van der Waals surface area contributed by atoms with Crippen LogP contribution < -0.4 is 4.90 Å². The number of carbonyl (C=O) groups is 1. The smallest absolute Gasteiger partial charge is 0.354 e. The summed E-state index contributed by atoms with van der Waals surface area (Å²) in [7, 11) is 0. The summed E-state index contributed by atoms with van der Waals surface area (Å²) in [6.45, 7) is 4.61. The Morgan fingerprint density at radius 3 is 2.76 bits per heavy atom. The second kappa shape index (κ2) is 7.72. The molecule has 2 aliphatic rings. The fraction of sp³-hybridized carbons (Fsp3) is 0.409. The first-order chi connectivity index (χ1) is 14.2. The quantitative estimate of drug-likeness (QED) is 0.700. The Balaban J connectivity index is 1.37. The van der Waals surface area contributed by atoms with Crippen molar-refractivity contribution in [3.05, 3.63) is 42.1 Å². The van der Waals surface area contributed by atoms with Gasteiger partial charge in [-0.2, -0.15) is 0 Å². The SMILES string of the molecule is O=C(O)c1cccc(-c2ccc3nc(N4CCC(N5CCCCC5)C4)sc3c2)n1. The number of fused-ring (bicyclic) bond motifs is 1. The van der Waals surface area contributed by atoms with Crippen molar-refractivity contribution < 1.29 is 9.90 Å². The fourth-order valence-corrected chi connectivity index (χ4v) is 5.46. The molecule has 6 nitrogen and oxygen atoms in total. The van der Waals surface area contributed by atoms with Crippen molar-refractivity contribution in [3.8, 4) is 11.3 Å². The second-order valence-electron chi connectivity index (χ2n) is 7.88. The molecular weight excluding hydrogens is 384 g/mol. The molecule has 3 aromatic rings. The number of aromatic carboxylic acids is 1. The van der Waals surface area contributed by atoms with Crippen LogP contribution in [0.4, 0.5) is 5.13 Å². The lowest BCUT2D eigenvalue weighted by molar-refractivity contribution is 0.0690. The molecule has 150 valence electrons. The van der Waals surface area contributed by atoms with Gasteiger partial charge in [0.15, 0.2) is 5.13 Å². The van der Waals surface area contributed by atoms with Gasteiger partial charge in [0.25, 0.3) is 0 Å². The Labute approximate surface area is 173 Å². The van der Waals surface area contributed by atoms with Crippen molar-refractivity contribution in [1.29, 1.82) is 0 Å². The van der Waals surface area contributed by atoms with Crippen LogP contribution in [-0.2, 0) is 0 Å². The van der Waals surface area contributed by atoms with E-state index in [0.717, 1.165) is 34.0 Å². The van der Waals surface area contributed by atoms with Crippen LogP contribution in [0.1, 0.15) is 36.2 Å². The van der Waals surface area contributed by atoms with E-state index in [2.05, 4.69) is 20.9 Å². The zero-order valence-electron chi connectivity index (χ0n) is 16.3. The largest absolute Gasteiger partial charge is 0.477 e. The number of piperidine rings is 1. The van der Waals surface area contributed by atoms with E-state index < -0.39 is 5.97 Å². The molecule has 0 amide bonds. The summed E-state index contributed by atoms with van der Waals surface area (Å²) in [5.41, 5.74) is 2.65. The summed E-state index contributed by atoms with van der Waals surface area (Å²) in [4.78, 5) is 25.4. The summed E-state index contributed by atoms with van der Waals surface area (Å²) in [5, 5.41) is 10.3. The van der Waals surface area contributed by atoms with Crippen molar-refractivity contribution in [3.63, 3.8) is 0 Å². The van der Waals surface area contributed by atoms with E-state index in [0.29, 0.717) is 11.7 Å². The van der Waals surface area contributed by atoms with E-state index >= 15 is 0 Å². The highest BCUT2D eigenvalue weighted by Gasteiger charge is 2.30. The molecule has 1 atom stereocenters. The lowest BCUT2D eigenvalue weighted by atomic mass is 10.1. The number of pyridine rings is 1. The van der Waals surface area contributed by atoms with Gasteiger partial charge >= 0.3 is 5.97 Å². The number of rotatable bonds is 4. The molecule has 1 aromatic carbocycles. The second-order valence-corrected chi connectivity index (χ2v) is 8.89. The Morgan fingerprint density at radius 2 is 1.93 bits per heavy atom. The van der Waals surface area contributed by atoms with Gasteiger partial charge in [0.2, 0.25) is 0 Å². The molecule has 0 aliphatic carbocycles. The van der Waals surface area contributed by atoms with Crippen LogP contribution in [0, 0.1) is 0 Å². The van der Waals surface area contributed by atoms with Gasteiger partial charge in [0.05, 0.1) is 15.9 Å².